The van der Waals surface area contributed by atoms with Gasteiger partial charge in [0.15, 0.2) is 0 Å². The predicted octanol–water partition coefficient (Wildman–Crippen LogP) is 14.4. The van der Waals surface area contributed by atoms with E-state index in [1.54, 1.807) is 36.4 Å². The van der Waals surface area contributed by atoms with Crippen molar-refractivity contribution in [2.24, 2.45) is 0 Å². The molecule has 1 saturated carbocycles. The number of hydrogen-bond donors (Lipinski definition) is 0. The van der Waals surface area contributed by atoms with Crippen LogP contribution in [0, 0.1) is 47.4 Å². The predicted molar refractivity (Wildman–Crippen MR) is 260 cm³/mol. The van der Waals surface area contributed by atoms with Crippen LogP contribution in [-0.4, -0.2) is 15.0 Å². The number of benzene rings is 6. The molecular formula is C60H39IrN6. The summed E-state index contributed by atoms with van der Waals surface area (Å²) >= 11 is 0. The summed E-state index contributed by atoms with van der Waals surface area (Å²) in [5.74, 6) is 0.627. The summed E-state index contributed by atoms with van der Waals surface area (Å²) in [7, 11) is 0. The quantitative estimate of drug-likeness (QED) is 0.134. The second-order valence-electron chi connectivity index (χ2n) is 16.6. The van der Waals surface area contributed by atoms with E-state index in [-0.39, 0.29) is 37.9 Å². The number of rotatable bonds is 9. The van der Waals surface area contributed by atoms with Gasteiger partial charge in [0.05, 0.1) is 18.7 Å². The molecule has 67 heavy (non-hydrogen) atoms. The molecule has 1 aliphatic rings. The molecule has 0 bridgehead atoms. The molecule has 6 nitrogen and oxygen atoms in total. The number of aromatic nitrogens is 3. The van der Waals surface area contributed by atoms with E-state index in [2.05, 4.69) is 126 Å². The smallest absolute Gasteiger partial charge is 0.304 e. The van der Waals surface area contributed by atoms with Crippen LogP contribution >= 0.6 is 0 Å². The van der Waals surface area contributed by atoms with Crippen LogP contribution in [0.2, 0.25) is 0 Å². The van der Waals surface area contributed by atoms with E-state index in [9.17, 15) is 10.5 Å². The fourth-order valence-electron chi connectivity index (χ4n) is 9.61. The summed E-state index contributed by atoms with van der Waals surface area (Å²) in [6, 6.07) is 69.0. The third kappa shape index (κ3) is 9.37. The third-order valence-electron chi connectivity index (χ3n) is 12.7. The van der Waals surface area contributed by atoms with Crippen LogP contribution in [0.1, 0.15) is 64.8 Å². The van der Waals surface area contributed by atoms with Crippen molar-refractivity contribution in [1.82, 2.24) is 15.0 Å². The van der Waals surface area contributed by atoms with Crippen molar-refractivity contribution in [3.8, 4) is 79.3 Å². The monoisotopic (exact) mass is 1040 g/mol. The van der Waals surface area contributed by atoms with E-state index in [1.165, 1.54) is 16.7 Å². The van der Waals surface area contributed by atoms with Crippen LogP contribution in [0.25, 0.3) is 72.0 Å². The maximum Gasteiger partial charge on any atom is 3.00 e. The zero-order valence-corrected chi connectivity index (χ0v) is 38.6. The molecular weight excluding hydrogens is 997 g/mol. The minimum atomic E-state index is 0. The van der Waals surface area contributed by atoms with Gasteiger partial charge in [0.25, 0.3) is 0 Å². The van der Waals surface area contributed by atoms with Gasteiger partial charge in [-0.3, -0.25) is 4.85 Å². The molecule has 1 aliphatic carbocycles. The summed E-state index contributed by atoms with van der Waals surface area (Å²) < 4.78 is 0. The van der Waals surface area contributed by atoms with Crippen molar-refractivity contribution < 1.29 is 20.1 Å². The molecule has 318 valence electrons. The number of nitrogens with zero attached hydrogens (tertiary/aromatic N) is 6. The number of nitriles is 2. The van der Waals surface area contributed by atoms with E-state index >= 15 is 0 Å². The van der Waals surface area contributed by atoms with Crippen molar-refractivity contribution >= 4 is 5.69 Å². The standard InChI is InChI=1S/C60H39N6.Ir/c1-63-51-16-10-15-44(34-51)60-28-25-47(39-66-60)54-19-4-7-22-57(54)50-32-48(55-20-5-2-17-52(55)45-23-26-58(64-37-45)42-13-8-11-40(29-42)35-61)31-49(33-50)56-21-6-3-18-53(56)46-24-27-59(65-38-46)43-14-9-12-41(30-43)36-62;/h2-12,16-30,34,37-39,48-50H,31-33H2;/q-3;+3. The zero-order valence-electron chi connectivity index (χ0n) is 36.2. The summed E-state index contributed by atoms with van der Waals surface area (Å²) in [6.07, 6.45) is 8.69. The number of hydrogen-bond acceptors (Lipinski definition) is 5. The maximum absolute atomic E-state index is 9.51. The molecule has 0 amide bonds. The van der Waals surface area contributed by atoms with Crippen molar-refractivity contribution in [3.05, 3.63) is 240 Å². The van der Waals surface area contributed by atoms with Crippen LogP contribution < -0.4 is 0 Å². The van der Waals surface area contributed by atoms with Gasteiger partial charge in [-0.2, -0.15) is 16.6 Å². The van der Waals surface area contributed by atoms with Crippen molar-refractivity contribution in [1.29, 1.82) is 10.5 Å². The van der Waals surface area contributed by atoms with E-state index in [0.717, 1.165) is 86.4 Å². The fourth-order valence-corrected chi connectivity index (χ4v) is 9.61. The molecule has 6 aromatic carbocycles. The van der Waals surface area contributed by atoms with Gasteiger partial charge >= 0.3 is 20.1 Å². The Morgan fingerprint density at radius 3 is 1.16 bits per heavy atom. The molecule has 3 aromatic heterocycles. The van der Waals surface area contributed by atoms with Crippen molar-refractivity contribution in [2.45, 2.75) is 37.0 Å². The molecule has 1 fully saturated rings. The van der Waals surface area contributed by atoms with Crippen LogP contribution in [-0.2, 0) is 20.1 Å². The maximum atomic E-state index is 9.51. The van der Waals surface area contributed by atoms with Crippen LogP contribution in [0.15, 0.2) is 182 Å². The zero-order chi connectivity index (χ0) is 44.8. The van der Waals surface area contributed by atoms with Crippen molar-refractivity contribution in [2.75, 3.05) is 0 Å². The van der Waals surface area contributed by atoms with Gasteiger partial charge in [0.2, 0.25) is 0 Å². The molecule has 0 N–H and O–H groups in total. The molecule has 3 heterocycles. The Bertz CT molecular complexity index is 2980. The van der Waals surface area contributed by atoms with Gasteiger partial charge < -0.3 is 15.0 Å². The van der Waals surface area contributed by atoms with Gasteiger partial charge in [-0.25, -0.2) is 0 Å². The normalized spacial score (nSPS) is 15.3. The first-order valence-corrected chi connectivity index (χ1v) is 21.9. The minimum absolute atomic E-state index is 0. The topological polar surface area (TPSA) is 90.6 Å². The van der Waals surface area contributed by atoms with Gasteiger partial charge in [0, 0.05) is 18.6 Å². The largest absolute Gasteiger partial charge is 3.00 e. The molecule has 7 heteroatoms. The molecule has 0 aliphatic heterocycles. The Morgan fingerprint density at radius 2 is 0.821 bits per heavy atom. The first kappa shape index (κ1) is 44.1. The SMILES string of the molecule is [C-]#[N+]c1cc[c-]c(-c2ccc(-c3ccccc3C3CC(c4ccccc4-c4ccc(-c5[c-]ccc(C#N)c5)nc4)CC(c4ccccc4-c4ccc(-c5[c-]ccc(C#N)c5)nc4)C3)cn2)c1.[Ir+3]. The second-order valence-corrected chi connectivity index (χ2v) is 16.6. The second kappa shape index (κ2) is 20.0. The van der Waals surface area contributed by atoms with Crippen LogP contribution in [0.3, 0.4) is 0 Å². The van der Waals surface area contributed by atoms with Gasteiger partial charge in [-0.05, 0) is 115 Å². The van der Waals surface area contributed by atoms with E-state index in [0.29, 0.717) is 16.8 Å². The Kier molecular flexibility index (Phi) is 13.1. The Morgan fingerprint density at radius 1 is 0.463 bits per heavy atom. The molecule has 9 aromatic rings. The third-order valence-corrected chi connectivity index (χ3v) is 12.7. The van der Waals surface area contributed by atoms with Gasteiger partial charge in [-0.1, -0.05) is 109 Å². The Hall–Kier alpha value is -8.11. The molecule has 0 saturated heterocycles. The molecule has 2 atom stereocenters. The molecule has 2 unspecified atom stereocenters. The Labute approximate surface area is 405 Å². The van der Waals surface area contributed by atoms with Gasteiger partial charge in [0.1, 0.15) is 5.69 Å². The average molecular weight is 1040 g/mol. The van der Waals surface area contributed by atoms with E-state index in [1.807, 2.05) is 55.0 Å². The number of pyridine rings is 3. The minimum Gasteiger partial charge on any atom is -0.304 e. The summed E-state index contributed by atoms with van der Waals surface area (Å²) in [4.78, 5) is 18.3. The average Bonchev–Trinajstić information content (AvgIpc) is 3.41. The summed E-state index contributed by atoms with van der Waals surface area (Å²) in [6.45, 7) is 7.48. The van der Waals surface area contributed by atoms with E-state index in [4.69, 9.17) is 21.5 Å². The first-order valence-electron chi connectivity index (χ1n) is 21.9. The summed E-state index contributed by atoms with van der Waals surface area (Å²) in [5.41, 5.74) is 16.9. The van der Waals surface area contributed by atoms with Crippen LogP contribution in [0.5, 0.6) is 0 Å². The first-order chi connectivity index (χ1) is 32.5. The van der Waals surface area contributed by atoms with E-state index < -0.39 is 0 Å². The fraction of sp³-hybridized carbons (Fsp3) is 0.100. The summed E-state index contributed by atoms with van der Waals surface area (Å²) in [5, 5.41) is 19.0. The molecule has 10 rings (SSSR count). The van der Waals surface area contributed by atoms with Gasteiger partial charge in [-0.15, -0.1) is 83.4 Å². The van der Waals surface area contributed by atoms with Crippen molar-refractivity contribution in [3.63, 3.8) is 0 Å². The molecule has 0 radical (unpaired) electrons. The van der Waals surface area contributed by atoms with Crippen LogP contribution in [0.4, 0.5) is 5.69 Å². The molecule has 0 spiro atoms. The Balaban J connectivity index is 0.00000562.